The maximum Gasteiger partial charge on any atom is 0.414 e. The van der Waals surface area contributed by atoms with E-state index in [1.54, 1.807) is 52.3 Å². The van der Waals surface area contributed by atoms with Crippen molar-refractivity contribution in [1.29, 1.82) is 0 Å². The van der Waals surface area contributed by atoms with Crippen LogP contribution in [0, 0.1) is 0 Å². The minimum absolute atomic E-state index is 0.0608. The molecule has 2 N–H and O–H groups in total. The maximum atomic E-state index is 12.1. The molecule has 0 aliphatic heterocycles. The van der Waals surface area contributed by atoms with Crippen LogP contribution in [-0.4, -0.2) is 30.1 Å². The fourth-order valence-corrected chi connectivity index (χ4v) is 1.97. The molecule has 1 rings (SSSR count). The fourth-order valence-electron chi connectivity index (χ4n) is 1.66. The molecule has 0 aromatic heterocycles. The number of amides is 1. The molecule has 0 radical (unpaired) electrons. The highest BCUT2D eigenvalue weighted by atomic mass is 32.2. The number of hydrogen-bond acceptors (Lipinski definition) is 5. The second-order valence-electron chi connectivity index (χ2n) is 5.69. The fraction of sp³-hybridized carbons (Fsp3) is 0.467. The standard InChI is InChI=1S/C15H22N2O3S/c1-15(2,3)20-14(19)17(4)12-8-10(6-7-11(12)16)9-13(18)21-5/h6-8H,9,16H2,1-5H3. The Morgan fingerprint density at radius 3 is 2.48 bits per heavy atom. The Morgan fingerprint density at radius 1 is 1.33 bits per heavy atom. The SMILES string of the molecule is CSC(=O)Cc1ccc(N)c(N(C)C(=O)OC(C)(C)C)c1. The molecule has 6 heteroatoms. The van der Waals surface area contributed by atoms with Crippen LogP contribution in [0.3, 0.4) is 0 Å². The van der Waals surface area contributed by atoms with E-state index < -0.39 is 11.7 Å². The first-order chi connectivity index (χ1) is 9.64. The molecule has 0 saturated heterocycles. The summed E-state index contributed by atoms with van der Waals surface area (Å²) in [7, 11) is 1.60. The lowest BCUT2D eigenvalue weighted by Gasteiger charge is -2.25. The molecule has 0 unspecified atom stereocenters. The third-order valence-corrected chi connectivity index (χ3v) is 3.30. The van der Waals surface area contributed by atoms with Crippen molar-refractivity contribution >= 4 is 34.3 Å². The predicted molar refractivity (Wildman–Crippen MR) is 87.7 cm³/mol. The minimum atomic E-state index is -0.577. The first-order valence-electron chi connectivity index (χ1n) is 6.56. The van der Waals surface area contributed by atoms with E-state index in [9.17, 15) is 9.59 Å². The van der Waals surface area contributed by atoms with E-state index >= 15 is 0 Å². The molecule has 1 amide bonds. The van der Waals surface area contributed by atoms with Gasteiger partial charge in [0, 0.05) is 13.5 Å². The van der Waals surface area contributed by atoms with Gasteiger partial charge in [0.05, 0.1) is 11.4 Å². The molecular weight excluding hydrogens is 288 g/mol. The number of nitrogens with two attached hydrogens (primary N) is 1. The Morgan fingerprint density at radius 2 is 1.95 bits per heavy atom. The van der Waals surface area contributed by atoms with Crippen LogP contribution in [0.4, 0.5) is 16.2 Å². The summed E-state index contributed by atoms with van der Waals surface area (Å²) in [5, 5.41) is 0.0608. The number of ether oxygens (including phenoxy) is 1. The van der Waals surface area contributed by atoms with E-state index in [0.29, 0.717) is 17.8 Å². The van der Waals surface area contributed by atoms with Crippen molar-refractivity contribution in [2.45, 2.75) is 32.8 Å². The highest BCUT2D eigenvalue weighted by Gasteiger charge is 2.22. The van der Waals surface area contributed by atoms with Gasteiger partial charge in [0.2, 0.25) is 0 Å². The topological polar surface area (TPSA) is 72.6 Å². The molecule has 5 nitrogen and oxygen atoms in total. The zero-order valence-corrected chi connectivity index (χ0v) is 13.9. The summed E-state index contributed by atoms with van der Waals surface area (Å²) < 4.78 is 5.31. The number of hydrogen-bond donors (Lipinski definition) is 1. The van der Waals surface area contributed by atoms with Crippen molar-refractivity contribution in [3.63, 3.8) is 0 Å². The Labute approximate surface area is 129 Å². The summed E-state index contributed by atoms with van der Waals surface area (Å²) >= 11 is 1.18. The van der Waals surface area contributed by atoms with Gasteiger partial charge in [-0.15, -0.1) is 0 Å². The number of carbonyl (C=O) groups is 2. The van der Waals surface area contributed by atoms with Gasteiger partial charge in [0.15, 0.2) is 5.12 Å². The summed E-state index contributed by atoms with van der Waals surface area (Å²) in [6, 6.07) is 5.22. The Bertz CT molecular complexity index is 538. The first-order valence-corrected chi connectivity index (χ1v) is 7.78. The molecule has 116 valence electrons. The first kappa shape index (κ1) is 17.4. The third-order valence-electron chi connectivity index (χ3n) is 2.70. The molecular formula is C15H22N2O3S. The van der Waals surface area contributed by atoms with Gasteiger partial charge in [-0.3, -0.25) is 9.69 Å². The number of thioether (sulfide) groups is 1. The second kappa shape index (κ2) is 6.85. The zero-order chi connectivity index (χ0) is 16.2. The van der Waals surface area contributed by atoms with Crippen molar-refractivity contribution < 1.29 is 14.3 Å². The molecule has 0 aliphatic carbocycles. The second-order valence-corrected chi connectivity index (χ2v) is 6.55. The van der Waals surface area contributed by atoms with E-state index in [0.717, 1.165) is 5.56 Å². The zero-order valence-electron chi connectivity index (χ0n) is 13.1. The lowest BCUT2D eigenvalue weighted by molar-refractivity contribution is -0.110. The molecule has 21 heavy (non-hydrogen) atoms. The normalized spacial score (nSPS) is 11.1. The Kier molecular flexibility index (Phi) is 5.66. The predicted octanol–water partition coefficient (Wildman–Crippen LogP) is 3.07. The van der Waals surface area contributed by atoms with E-state index in [4.69, 9.17) is 10.5 Å². The van der Waals surface area contributed by atoms with Crippen molar-refractivity contribution in [3.8, 4) is 0 Å². The largest absolute Gasteiger partial charge is 0.443 e. The van der Waals surface area contributed by atoms with Crippen LogP contribution < -0.4 is 10.6 Å². The van der Waals surface area contributed by atoms with Crippen LogP contribution in [0.5, 0.6) is 0 Å². The van der Waals surface area contributed by atoms with Gasteiger partial charge in [0.25, 0.3) is 0 Å². The third kappa shape index (κ3) is 5.30. The van der Waals surface area contributed by atoms with Crippen molar-refractivity contribution in [2.75, 3.05) is 23.9 Å². The number of rotatable bonds is 3. The van der Waals surface area contributed by atoms with Crippen LogP contribution >= 0.6 is 11.8 Å². The highest BCUT2D eigenvalue weighted by molar-refractivity contribution is 8.13. The van der Waals surface area contributed by atoms with Crippen molar-refractivity contribution in [2.24, 2.45) is 0 Å². The van der Waals surface area contributed by atoms with Crippen LogP contribution in [0.2, 0.25) is 0 Å². The van der Waals surface area contributed by atoms with Gasteiger partial charge < -0.3 is 10.5 Å². The average molecular weight is 310 g/mol. The summed E-state index contributed by atoms with van der Waals surface area (Å²) in [6.07, 6.45) is 1.56. The number of anilines is 2. The smallest absolute Gasteiger partial charge is 0.414 e. The number of nitrogen functional groups attached to an aromatic ring is 1. The van der Waals surface area contributed by atoms with Crippen LogP contribution in [0.1, 0.15) is 26.3 Å². The van der Waals surface area contributed by atoms with Crippen LogP contribution in [-0.2, 0) is 16.0 Å². The van der Waals surface area contributed by atoms with Gasteiger partial charge in [-0.1, -0.05) is 17.8 Å². The number of carbonyl (C=O) groups excluding carboxylic acids is 2. The van der Waals surface area contributed by atoms with E-state index in [2.05, 4.69) is 0 Å². The minimum Gasteiger partial charge on any atom is -0.443 e. The summed E-state index contributed by atoms with van der Waals surface area (Å²) in [4.78, 5) is 24.9. The van der Waals surface area contributed by atoms with Crippen LogP contribution in [0.25, 0.3) is 0 Å². The summed E-state index contributed by atoms with van der Waals surface area (Å²) in [5.41, 5.74) is 7.15. The molecule has 0 spiro atoms. The average Bonchev–Trinajstić information content (AvgIpc) is 2.38. The molecule has 0 atom stereocenters. The summed E-state index contributed by atoms with van der Waals surface area (Å²) in [5.74, 6) is 0. The molecule has 0 heterocycles. The van der Waals surface area contributed by atoms with Crippen LogP contribution in [0.15, 0.2) is 18.2 Å². The van der Waals surface area contributed by atoms with Gasteiger partial charge in [0.1, 0.15) is 5.60 Å². The lowest BCUT2D eigenvalue weighted by atomic mass is 10.1. The van der Waals surface area contributed by atoms with E-state index in [-0.39, 0.29) is 5.12 Å². The molecule has 1 aromatic rings. The van der Waals surface area contributed by atoms with Gasteiger partial charge in [-0.2, -0.15) is 0 Å². The van der Waals surface area contributed by atoms with E-state index in [1.165, 1.54) is 16.7 Å². The monoisotopic (exact) mass is 310 g/mol. The van der Waals surface area contributed by atoms with Crippen molar-refractivity contribution in [1.82, 2.24) is 0 Å². The van der Waals surface area contributed by atoms with E-state index in [1.807, 2.05) is 0 Å². The Balaban J connectivity index is 2.97. The summed E-state index contributed by atoms with van der Waals surface area (Å²) in [6.45, 7) is 5.40. The Hall–Kier alpha value is -1.69. The maximum absolute atomic E-state index is 12.1. The van der Waals surface area contributed by atoms with Gasteiger partial charge >= 0.3 is 6.09 Å². The number of benzene rings is 1. The molecule has 0 bridgehead atoms. The molecule has 0 aliphatic rings. The molecule has 0 fully saturated rings. The van der Waals surface area contributed by atoms with Crippen molar-refractivity contribution in [3.05, 3.63) is 23.8 Å². The molecule has 0 saturated carbocycles. The molecule has 1 aromatic carbocycles. The van der Waals surface area contributed by atoms with Gasteiger partial charge in [-0.05, 0) is 44.7 Å². The highest BCUT2D eigenvalue weighted by Crippen LogP contribution is 2.26. The van der Waals surface area contributed by atoms with Gasteiger partial charge in [-0.25, -0.2) is 4.79 Å². The lowest BCUT2D eigenvalue weighted by Crippen LogP contribution is -2.34. The quantitative estimate of drug-likeness (QED) is 0.869. The number of nitrogens with zero attached hydrogens (tertiary/aromatic N) is 1.